The average molecular weight is 417 g/mol. The van der Waals surface area contributed by atoms with Crippen LogP contribution in [0.3, 0.4) is 0 Å². The molecule has 1 aromatic heterocycles. The summed E-state index contributed by atoms with van der Waals surface area (Å²) in [5.74, 6) is -0.218. The van der Waals surface area contributed by atoms with Crippen LogP contribution in [0.15, 0.2) is 38.1 Å². The van der Waals surface area contributed by atoms with Gasteiger partial charge in [-0.2, -0.15) is 0 Å². The number of thiazole rings is 1. The van der Waals surface area contributed by atoms with Gasteiger partial charge in [0.1, 0.15) is 9.48 Å². The van der Waals surface area contributed by atoms with Crippen molar-refractivity contribution in [1.29, 1.82) is 0 Å². The number of benzene rings is 1. The first-order valence-electron chi connectivity index (χ1n) is 7.08. The van der Waals surface area contributed by atoms with Crippen molar-refractivity contribution < 1.29 is 13.2 Å². The van der Waals surface area contributed by atoms with Crippen LogP contribution in [0.1, 0.15) is 29.1 Å². The lowest BCUT2D eigenvalue weighted by molar-refractivity contribution is 0.0776. The fourth-order valence-corrected chi connectivity index (χ4v) is 5.37. The molecule has 0 unspecified atom stereocenters. The predicted molar refractivity (Wildman–Crippen MR) is 93.7 cm³/mol. The number of rotatable bonds is 5. The van der Waals surface area contributed by atoms with Gasteiger partial charge in [0.2, 0.25) is 14.2 Å². The Kier molecular flexibility index (Phi) is 5.59. The molecule has 2 rings (SSSR count). The largest absolute Gasteiger partial charge is 0.338 e. The third-order valence-electron chi connectivity index (χ3n) is 3.37. The number of hydrogen-bond donors (Lipinski definition) is 0. The standard InChI is InChI=1S/C15H17BrN2O3S2/c1-4-18(5-2)14(19)12-13(16)17-15(22-12)23(20,21)11-8-6-10(3)7-9-11/h6-9H,4-5H2,1-3H3. The van der Waals surface area contributed by atoms with Crippen LogP contribution in [0, 0.1) is 6.92 Å². The van der Waals surface area contributed by atoms with Crippen molar-refractivity contribution >= 4 is 43.0 Å². The third-order valence-corrected chi connectivity index (χ3v) is 7.40. The minimum absolute atomic E-state index is 0.0799. The van der Waals surface area contributed by atoms with E-state index in [-0.39, 0.29) is 19.7 Å². The van der Waals surface area contributed by atoms with Crippen molar-refractivity contribution in [3.63, 3.8) is 0 Å². The summed E-state index contributed by atoms with van der Waals surface area (Å²) in [4.78, 5) is 18.6. The Bertz CT molecular complexity index is 810. The molecular weight excluding hydrogens is 400 g/mol. The monoisotopic (exact) mass is 416 g/mol. The topological polar surface area (TPSA) is 67.3 Å². The molecule has 0 N–H and O–H groups in total. The molecule has 0 saturated heterocycles. The van der Waals surface area contributed by atoms with Crippen LogP contribution >= 0.6 is 27.3 Å². The van der Waals surface area contributed by atoms with Crippen LogP contribution in [0.25, 0.3) is 0 Å². The number of halogens is 1. The van der Waals surface area contributed by atoms with Gasteiger partial charge in [-0.3, -0.25) is 4.79 Å². The van der Waals surface area contributed by atoms with Crippen molar-refractivity contribution in [3.05, 3.63) is 39.3 Å². The molecule has 1 heterocycles. The molecule has 124 valence electrons. The summed E-state index contributed by atoms with van der Waals surface area (Å²) in [7, 11) is -3.72. The minimum Gasteiger partial charge on any atom is -0.338 e. The summed E-state index contributed by atoms with van der Waals surface area (Å²) in [6.45, 7) is 6.75. The Morgan fingerprint density at radius 2 is 1.78 bits per heavy atom. The van der Waals surface area contributed by atoms with Crippen molar-refractivity contribution in [2.45, 2.75) is 30.0 Å². The molecule has 0 atom stereocenters. The van der Waals surface area contributed by atoms with Gasteiger partial charge in [-0.1, -0.05) is 29.0 Å². The number of carbonyl (C=O) groups excluding carboxylic acids is 1. The molecule has 0 radical (unpaired) electrons. The Hall–Kier alpha value is -1.25. The molecule has 0 saturated carbocycles. The zero-order valence-electron chi connectivity index (χ0n) is 13.0. The van der Waals surface area contributed by atoms with Crippen LogP contribution in [-0.2, 0) is 9.84 Å². The lowest BCUT2D eigenvalue weighted by atomic mass is 10.2. The summed E-state index contributed by atoms with van der Waals surface area (Å²) in [5, 5.41) is 0. The molecular formula is C15H17BrN2O3S2. The molecule has 0 bridgehead atoms. The molecule has 0 spiro atoms. The fraction of sp³-hybridized carbons (Fsp3) is 0.333. The predicted octanol–water partition coefficient (Wildman–Crippen LogP) is 3.53. The fourth-order valence-electron chi connectivity index (χ4n) is 2.00. The zero-order chi connectivity index (χ0) is 17.2. The SMILES string of the molecule is CCN(CC)C(=O)c1sc(S(=O)(=O)c2ccc(C)cc2)nc1Br. The summed E-state index contributed by atoms with van der Waals surface area (Å²) in [6, 6.07) is 6.56. The number of nitrogens with zero attached hydrogens (tertiary/aromatic N) is 2. The van der Waals surface area contributed by atoms with Gasteiger partial charge >= 0.3 is 0 Å². The highest BCUT2D eigenvalue weighted by atomic mass is 79.9. The van der Waals surface area contributed by atoms with Gasteiger partial charge in [-0.25, -0.2) is 13.4 Å². The van der Waals surface area contributed by atoms with Crippen LogP contribution < -0.4 is 0 Å². The molecule has 1 amide bonds. The van der Waals surface area contributed by atoms with Crippen molar-refractivity contribution in [2.24, 2.45) is 0 Å². The summed E-state index contributed by atoms with van der Waals surface area (Å²) in [5.41, 5.74) is 0.974. The number of hydrogen-bond acceptors (Lipinski definition) is 5. The van der Waals surface area contributed by atoms with E-state index in [4.69, 9.17) is 0 Å². The van der Waals surface area contributed by atoms with Gasteiger partial charge in [-0.15, -0.1) is 0 Å². The highest BCUT2D eigenvalue weighted by Crippen LogP contribution is 2.31. The van der Waals surface area contributed by atoms with Crippen LogP contribution in [-0.4, -0.2) is 37.3 Å². The maximum absolute atomic E-state index is 12.6. The van der Waals surface area contributed by atoms with E-state index in [1.165, 1.54) is 0 Å². The smallest absolute Gasteiger partial charge is 0.266 e. The van der Waals surface area contributed by atoms with Crippen LogP contribution in [0.5, 0.6) is 0 Å². The van der Waals surface area contributed by atoms with Crippen molar-refractivity contribution in [3.8, 4) is 0 Å². The summed E-state index contributed by atoms with van der Waals surface area (Å²) >= 11 is 4.10. The van der Waals surface area contributed by atoms with Gasteiger partial charge in [0.15, 0.2) is 0 Å². The molecule has 8 heteroatoms. The van der Waals surface area contributed by atoms with E-state index in [1.54, 1.807) is 29.2 Å². The molecule has 0 aliphatic heterocycles. The van der Waals surface area contributed by atoms with Crippen molar-refractivity contribution in [1.82, 2.24) is 9.88 Å². The quantitative estimate of drug-likeness (QED) is 0.747. The van der Waals surface area contributed by atoms with Gasteiger partial charge in [0.25, 0.3) is 5.91 Å². The molecule has 1 aromatic carbocycles. The Morgan fingerprint density at radius 1 is 1.22 bits per heavy atom. The second kappa shape index (κ2) is 7.11. The van der Waals surface area contributed by atoms with Crippen LogP contribution in [0.4, 0.5) is 0 Å². The van der Waals surface area contributed by atoms with Gasteiger partial charge in [0, 0.05) is 13.1 Å². The number of amides is 1. The Labute approximate surface area is 148 Å². The van der Waals surface area contributed by atoms with E-state index in [1.807, 2.05) is 20.8 Å². The van der Waals surface area contributed by atoms with Crippen LogP contribution in [0.2, 0.25) is 0 Å². The molecule has 0 fully saturated rings. The normalized spacial score (nSPS) is 11.5. The van der Waals surface area contributed by atoms with Crippen molar-refractivity contribution in [2.75, 3.05) is 13.1 Å². The van der Waals surface area contributed by atoms with E-state index in [2.05, 4.69) is 20.9 Å². The average Bonchev–Trinajstić information content (AvgIpc) is 2.91. The third kappa shape index (κ3) is 3.64. The molecule has 0 aliphatic carbocycles. The highest BCUT2D eigenvalue weighted by molar-refractivity contribution is 9.10. The summed E-state index contributed by atoms with van der Waals surface area (Å²) < 4.78 is 25.5. The number of aromatic nitrogens is 1. The molecule has 23 heavy (non-hydrogen) atoms. The first kappa shape index (κ1) is 18.1. The maximum atomic E-state index is 12.6. The first-order chi connectivity index (χ1) is 10.8. The van der Waals surface area contributed by atoms with E-state index in [0.717, 1.165) is 16.9 Å². The van der Waals surface area contributed by atoms with E-state index in [0.29, 0.717) is 18.0 Å². The van der Waals surface area contributed by atoms with E-state index in [9.17, 15) is 13.2 Å². The number of aryl methyl sites for hydroxylation is 1. The Balaban J connectivity index is 2.44. The second-order valence-corrected chi connectivity index (χ2v) is 8.77. The number of sulfone groups is 1. The first-order valence-corrected chi connectivity index (χ1v) is 10.2. The number of carbonyl (C=O) groups is 1. The van der Waals surface area contributed by atoms with Gasteiger partial charge < -0.3 is 4.90 Å². The Morgan fingerprint density at radius 3 is 2.30 bits per heavy atom. The molecule has 2 aromatic rings. The highest BCUT2D eigenvalue weighted by Gasteiger charge is 2.27. The summed E-state index contributed by atoms with van der Waals surface area (Å²) in [6.07, 6.45) is 0. The van der Waals surface area contributed by atoms with Gasteiger partial charge in [0.05, 0.1) is 4.90 Å². The zero-order valence-corrected chi connectivity index (χ0v) is 16.3. The second-order valence-electron chi connectivity index (χ2n) is 4.89. The molecule has 0 aliphatic rings. The maximum Gasteiger partial charge on any atom is 0.266 e. The van der Waals surface area contributed by atoms with E-state index < -0.39 is 9.84 Å². The molecule has 5 nitrogen and oxygen atoms in total. The lowest BCUT2D eigenvalue weighted by Gasteiger charge is -2.17. The minimum atomic E-state index is -3.72. The van der Waals surface area contributed by atoms with E-state index >= 15 is 0 Å². The van der Waals surface area contributed by atoms with Gasteiger partial charge in [-0.05, 0) is 48.8 Å². The lowest BCUT2D eigenvalue weighted by Crippen LogP contribution is -2.30.